The minimum atomic E-state index is -1.00. The Morgan fingerprint density at radius 2 is 0.989 bits per heavy atom. The van der Waals surface area contributed by atoms with Crippen molar-refractivity contribution in [1.82, 2.24) is 20.9 Å². The molecular weight excluding hydrogens is 1150 g/mol. The average Bonchev–Trinajstić information content (AvgIpc) is 1.88. The predicted octanol–water partition coefficient (Wildman–Crippen LogP) is 5.28. The molecule has 6 rings (SSSR count). The summed E-state index contributed by atoms with van der Waals surface area (Å²) in [4.78, 5) is 104. The lowest BCUT2D eigenvalue weighted by molar-refractivity contribution is -0.121. The van der Waals surface area contributed by atoms with E-state index in [0.717, 1.165) is 12.5 Å². The molecule has 12 atom stereocenters. The molecule has 24 heteroatoms. The number of hydrogen-bond donors (Lipinski definition) is 7. The second kappa shape index (κ2) is 35.8. The molecule has 482 valence electrons. The number of likely N-dealkylation sites (tertiary alicyclic amines) is 1. The zero-order valence-electron chi connectivity index (χ0n) is 52.3. The van der Waals surface area contributed by atoms with Crippen LogP contribution in [0.3, 0.4) is 0 Å². The van der Waals surface area contributed by atoms with Crippen LogP contribution in [-0.4, -0.2) is 173 Å². The van der Waals surface area contributed by atoms with Crippen LogP contribution in [0.4, 0.5) is 9.59 Å². The van der Waals surface area contributed by atoms with Gasteiger partial charge in [0.1, 0.15) is 12.2 Å². The highest BCUT2D eigenvalue weighted by atomic mass is 35.5. The summed E-state index contributed by atoms with van der Waals surface area (Å²) in [6, 6.07) is 0. The Hall–Kier alpha value is -6.83. The van der Waals surface area contributed by atoms with E-state index >= 15 is 0 Å². The van der Waals surface area contributed by atoms with Crippen molar-refractivity contribution < 1.29 is 81.7 Å². The minimum absolute atomic E-state index is 0. The van der Waals surface area contributed by atoms with E-state index < -0.39 is 102 Å². The van der Waals surface area contributed by atoms with Crippen molar-refractivity contribution in [2.45, 2.75) is 143 Å². The molecule has 2 fully saturated rings. The van der Waals surface area contributed by atoms with Crippen molar-refractivity contribution in [1.29, 1.82) is 0 Å². The Balaban J connectivity index is 0.000000422. The normalized spacial score (nSPS) is 32.3. The number of ether oxygens (including phenoxy) is 7. The topological polar surface area (TPSA) is 333 Å². The summed E-state index contributed by atoms with van der Waals surface area (Å²) in [6.07, 6.45) is 10.1. The van der Waals surface area contributed by atoms with Gasteiger partial charge in [-0.25, -0.2) is 9.59 Å². The highest BCUT2D eigenvalue weighted by Gasteiger charge is 2.38. The zero-order valence-corrected chi connectivity index (χ0v) is 53.1. The number of nitrogens with one attached hydrogen (secondary N) is 3. The van der Waals surface area contributed by atoms with Gasteiger partial charge in [0.05, 0.1) is 48.6 Å². The lowest BCUT2D eigenvalue weighted by atomic mass is 9.84. The number of amides is 4. The Labute approximate surface area is 516 Å². The molecule has 0 unspecified atom stereocenters. The van der Waals surface area contributed by atoms with Crippen LogP contribution in [0.15, 0.2) is 117 Å². The largest absolute Gasteiger partial charge is 0.492 e. The lowest BCUT2D eigenvalue weighted by Gasteiger charge is -2.37. The van der Waals surface area contributed by atoms with E-state index in [1.165, 1.54) is 80.2 Å². The average molecular weight is 1240 g/mol. The molecule has 4 bridgehead atoms. The lowest BCUT2D eigenvalue weighted by Crippen LogP contribution is -2.43. The third-order valence-corrected chi connectivity index (χ3v) is 15.6. The van der Waals surface area contributed by atoms with Gasteiger partial charge >= 0.3 is 12.2 Å². The molecule has 0 spiro atoms. The minimum Gasteiger partial charge on any atom is -0.492 e. The molecule has 0 aromatic heterocycles. The summed E-state index contributed by atoms with van der Waals surface area (Å²) in [5, 5.41) is 30.6. The van der Waals surface area contributed by atoms with Crippen LogP contribution in [-0.2, 0) is 61.9 Å². The number of ketones is 4. The number of carbonyl (C=O) groups excluding carboxylic acids is 8. The summed E-state index contributed by atoms with van der Waals surface area (Å²) in [7, 11) is 7.16. The molecule has 4 aliphatic heterocycles. The third kappa shape index (κ3) is 21.2. The maximum atomic E-state index is 13.7. The molecule has 2 saturated heterocycles. The Morgan fingerprint density at radius 3 is 1.33 bits per heavy atom. The van der Waals surface area contributed by atoms with Crippen molar-refractivity contribution in [2.75, 3.05) is 61.7 Å². The molecule has 2 aliphatic carbocycles. The van der Waals surface area contributed by atoms with Gasteiger partial charge in [-0.15, -0.1) is 12.4 Å². The molecular formula is C63H91ClN6O17. The summed E-state index contributed by atoms with van der Waals surface area (Å²) < 4.78 is 38.3. The van der Waals surface area contributed by atoms with Crippen molar-refractivity contribution >= 4 is 59.5 Å². The van der Waals surface area contributed by atoms with Crippen molar-refractivity contribution in [3.05, 3.63) is 117 Å². The monoisotopic (exact) mass is 1240 g/mol. The second-order valence-electron chi connectivity index (χ2n) is 22.4. The maximum absolute atomic E-state index is 13.7. The second-order valence-corrected chi connectivity index (χ2v) is 22.4. The van der Waals surface area contributed by atoms with Crippen LogP contribution in [0.2, 0.25) is 0 Å². The number of primary amides is 2. The molecule has 4 heterocycles. The first-order valence-electron chi connectivity index (χ1n) is 28.9. The molecule has 6 aliphatic rings. The number of fused-ring (bicyclic) bond motifs is 4. The molecule has 87 heavy (non-hydrogen) atoms. The van der Waals surface area contributed by atoms with Crippen LogP contribution in [0.1, 0.15) is 93.9 Å². The number of nitrogens with zero attached hydrogens (tertiary/aromatic N) is 1. The smallest absolute Gasteiger partial charge is 0.405 e. The Bertz CT molecular complexity index is 2820. The van der Waals surface area contributed by atoms with Crippen molar-refractivity contribution in [3.8, 4) is 0 Å². The predicted molar refractivity (Wildman–Crippen MR) is 327 cm³/mol. The third-order valence-electron chi connectivity index (χ3n) is 15.6. The number of methoxy groups -OCH3 is 5. The van der Waals surface area contributed by atoms with Gasteiger partial charge in [-0.3, -0.25) is 28.8 Å². The maximum Gasteiger partial charge on any atom is 0.405 e. The van der Waals surface area contributed by atoms with Gasteiger partial charge in [-0.1, -0.05) is 76.3 Å². The van der Waals surface area contributed by atoms with Gasteiger partial charge in [0.15, 0.2) is 18.0 Å². The van der Waals surface area contributed by atoms with Gasteiger partial charge in [0.2, 0.25) is 23.1 Å². The number of carbonyl (C=O) groups is 8. The van der Waals surface area contributed by atoms with Crippen molar-refractivity contribution in [2.24, 2.45) is 35.1 Å². The van der Waals surface area contributed by atoms with Crippen LogP contribution >= 0.6 is 12.4 Å². The van der Waals surface area contributed by atoms with Crippen LogP contribution in [0.25, 0.3) is 0 Å². The molecule has 0 aromatic rings. The van der Waals surface area contributed by atoms with E-state index in [4.69, 9.17) is 44.6 Å². The summed E-state index contributed by atoms with van der Waals surface area (Å²) in [5.41, 5.74) is 13.0. The first kappa shape index (κ1) is 74.4. The molecule has 0 aromatic carbocycles. The summed E-state index contributed by atoms with van der Waals surface area (Å²) in [5.74, 6) is -4.23. The number of Topliss-reactive ketones (excluding diaryl/α,β-unsaturated/α-hetero) is 2. The van der Waals surface area contributed by atoms with Gasteiger partial charge in [0.25, 0.3) is 11.8 Å². The molecule has 4 amide bonds. The fraction of sp³-hybridized carbons (Fsp3) is 0.556. The summed E-state index contributed by atoms with van der Waals surface area (Å²) >= 11 is 0. The van der Waals surface area contributed by atoms with Gasteiger partial charge in [0, 0.05) is 87.8 Å². The number of nitrogens with two attached hydrogens (primary N) is 2. The Morgan fingerprint density at radius 1 is 0.598 bits per heavy atom. The van der Waals surface area contributed by atoms with E-state index in [1.54, 1.807) is 64.2 Å². The molecule has 9 N–H and O–H groups in total. The van der Waals surface area contributed by atoms with E-state index in [0.29, 0.717) is 48.3 Å². The van der Waals surface area contributed by atoms with Crippen LogP contribution < -0.4 is 27.4 Å². The van der Waals surface area contributed by atoms with Gasteiger partial charge in [-0.05, 0) is 102 Å². The van der Waals surface area contributed by atoms with E-state index in [-0.39, 0.29) is 76.7 Å². The molecule has 0 saturated carbocycles. The number of rotatable bonds is 8. The highest BCUT2D eigenvalue weighted by molar-refractivity contribution is 6.24. The van der Waals surface area contributed by atoms with Gasteiger partial charge in [-0.2, -0.15) is 0 Å². The number of aliphatic hydroxyl groups is 2. The van der Waals surface area contributed by atoms with E-state index in [2.05, 4.69) is 16.0 Å². The number of hydrogen-bond acceptors (Lipinski definition) is 19. The zero-order chi connectivity index (χ0) is 64.1. The first-order valence-corrected chi connectivity index (χ1v) is 28.9. The van der Waals surface area contributed by atoms with E-state index in [9.17, 15) is 48.6 Å². The number of aliphatic hydroxyl groups excluding tert-OH is 2. The van der Waals surface area contributed by atoms with Crippen LogP contribution in [0, 0.1) is 23.7 Å². The SMILES string of the molecule is C1CNC1.COC1=C2C[C@@H](C)C[C@H](OC)[C@H](O)[C@@H](C)/C=C(\C)[C@H](OC(N)=O)[C@@H](OC)/C=C\C=C(/C)C(=O)NC(=CC1=O)C2=O.CO[C@H]1/C=C\C=C(/C)C(=O)NC2=CC(=O)C(N3CCC3)=C(C[C@@H](C)C[C@H](OC)[C@H](O)[C@@H](C)/C=C(\C)[C@@H]1OC(N)=O)C2=O.Cl. The van der Waals surface area contributed by atoms with Crippen molar-refractivity contribution in [3.63, 3.8) is 0 Å². The first-order chi connectivity index (χ1) is 40.7. The van der Waals surface area contributed by atoms with E-state index in [1.807, 2.05) is 25.7 Å². The molecule has 0 radical (unpaired) electrons. The summed E-state index contributed by atoms with van der Waals surface area (Å²) in [6.45, 7) is 17.9. The standard InChI is InChI=1S/C31H43N3O8.C29H40N2O9.C3H7N.ClH/c1-17-13-21-26(34-11-8-12-34)23(35)16-22(28(21)37)33-30(38)18(2)9-7-10-24(40-5)29(42-31(32)39)20(4)15-19(3)27(36)25(14-17)41-6;1-15-11-19-25(34)20(14-21(32)27(19)39-7)31-28(35)16(2)9-8-10-22(37-5)26(40-29(30)36)18(4)13-17(3)24(33)23(12-15)38-6;1-2-4-3-1;/h7,9-10,15-17,19,24-25,27,29,36H,8,11-14H2,1-6H3,(H2,32,39)(H,33,38);8-10,13-15,17,22-24,26,33H,11-12H2,1-7H3,(H2,30,36)(H,31,35);4H,1-3H2;1H/b10-7-,18-9+,20-15+;10-8-,16-9+,18-13+;;/t17-,19+,24+,25+,27-,29+;15-,17+,22+,23+,24-,26+;;/m11../s1. The Kier molecular flexibility index (Phi) is 30.7. The number of halogens is 1. The fourth-order valence-corrected chi connectivity index (χ4v) is 10.4. The number of allylic oxidation sites excluding steroid dienone is 8. The fourth-order valence-electron chi connectivity index (χ4n) is 10.4. The van der Waals surface area contributed by atoms with Gasteiger partial charge < -0.3 is 75.7 Å². The quantitative estimate of drug-likeness (QED) is 0.120. The van der Waals surface area contributed by atoms with Crippen LogP contribution in [0.5, 0.6) is 0 Å². The molecule has 23 nitrogen and oxygen atoms in total. The highest BCUT2D eigenvalue weighted by Crippen LogP contribution is 2.34.